The van der Waals surface area contributed by atoms with Gasteiger partial charge in [0.15, 0.2) is 0 Å². The minimum Gasteiger partial charge on any atom is -0.492 e. The first-order valence-corrected chi connectivity index (χ1v) is 12.1. The molecule has 0 aromatic heterocycles. The van der Waals surface area contributed by atoms with Gasteiger partial charge in [0.05, 0.1) is 24.4 Å². The fraction of sp³-hybridized carbons (Fsp3) is 0.481. The Bertz CT molecular complexity index is 1150. The molecule has 180 valence electrons. The van der Waals surface area contributed by atoms with E-state index in [-0.39, 0.29) is 12.0 Å². The summed E-state index contributed by atoms with van der Waals surface area (Å²) >= 11 is 0. The Hall–Kier alpha value is -3.22. The monoisotopic (exact) mass is 464 g/mol. The number of benzene rings is 2. The van der Waals surface area contributed by atoms with Gasteiger partial charge in [0.2, 0.25) is 0 Å². The number of hydrogen-bond donors (Lipinski definition) is 0. The normalized spacial score (nSPS) is 17.1. The van der Waals surface area contributed by atoms with Gasteiger partial charge >= 0.3 is 6.09 Å². The number of hydrogen-bond acceptors (Lipinski definition) is 5. The number of anilines is 1. The molecule has 2 aromatic rings. The molecule has 3 heterocycles. The van der Waals surface area contributed by atoms with Crippen LogP contribution >= 0.6 is 0 Å². The van der Waals surface area contributed by atoms with Gasteiger partial charge in [-0.05, 0) is 74.9 Å². The molecule has 0 fully saturated rings. The van der Waals surface area contributed by atoms with E-state index in [0.717, 1.165) is 35.4 Å². The van der Waals surface area contributed by atoms with E-state index in [2.05, 4.69) is 13.0 Å². The predicted octanol–water partition coefficient (Wildman–Crippen LogP) is 4.30. The van der Waals surface area contributed by atoms with Gasteiger partial charge in [-0.2, -0.15) is 0 Å². The van der Waals surface area contributed by atoms with Crippen molar-refractivity contribution in [2.24, 2.45) is 0 Å². The molecule has 34 heavy (non-hydrogen) atoms. The molecule has 2 amide bonds. The van der Waals surface area contributed by atoms with E-state index in [1.165, 1.54) is 11.1 Å². The maximum absolute atomic E-state index is 13.7. The maximum Gasteiger partial charge on any atom is 0.410 e. The van der Waals surface area contributed by atoms with E-state index in [4.69, 9.17) is 14.2 Å². The lowest BCUT2D eigenvalue weighted by molar-refractivity contribution is 0.0258. The zero-order valence-electron chi connectivity index (χ0n) is 20.4. The third-order valence-electron chi connectivity index (χ3n) is 6.70. The average molecular weight is 465 g/mol. The van der Waals surface area contributed by atoms with Crippen molar-refractivity contribution >= 4 is 17.7 Å². The molecule has 3 aliphatic rings. The molecule has 5 rings (SSSR count). The quantitative estimate of drug-likeness (QED) is 0.629. The van der Waals surface area contributed by atoms with Crippen LogP contribution in [0.5, 0.6) is 11.5 Å². The predicted molar refractivity (Wildman–Crippen MR) is 129 cm³/mol. The first kappa shape index (κ1) is 22.6. The number of amides is 2. The van der Waals surface area contributed by atoms with Crippen LogP contribution in [0, 0.1) is 6.92 Å². The molecular weight excluding hydrogens is 432 g/mol. The Morgan fingerprint density at radius 1 is 0.971 bits per heavy atom. The zero-order valence-corrected chi connectivity index (χ0v) is 20.4. The molecule has 3 aliphatic heterocycles. The number of fused-ring (bicyclic) bond motifs is 3. The Kier molecular flexibility index (Phi) is 5.66. The Labute approximate surface area is 200 Å². The summed E-state index contributed by atoms with van der Waals surface area (Å²) in [7, 11) is 0. The number of rotatable bonds is 1. The number of nitrogens with zero attached hydrogens (tertiary/aromatic N) is 2. The Balaban J connectivity index is 1.45. The maximum atomic E-state index is 13.7. The van der Waals surface area contributed by atoms with Crippen LogP contribution < -0.4 is 14.4 Å². The first-order valence-electron chi connectivity index (χ1n) is 12.1. The minimum atomic E-state index is -0.527. The van der Waals surface area contributed by atoms with E-state index < -0.39 is 5.60 Å². The molecular formula is C27H32N2O5. The number of carbonyl (C=O) groups excluding carboxylic acids is 2. The first-order chi connectivity index (χ1) is 16.2. The van der Waals surface area contributed by atoms with Crippen molar-refractivity contribution in [1.82, 2.24) is 4.90 Å². The van der Waals surface area contributed by atoms with Crippen LogP contribution in [0.4, 0.5) is 10.5 Å². The van der Waals surface area contributed by atoms with Gasteiger partial charge in [-0.15, -0.1) is 0 Å². The molecule has 0 saturated carbocycles. The minimum absolute atomic E-state index is 0.0599. The van der Waals surface area contributed by atoms with Crippen LogP contribution in [0.15, 0.2) is 24.3 Å². The van der Waals surface area contributed by atoms with Gasteiger partial charge in [0.25, 0.3) is 5.91 Å². The van der Waals surface area contributed by atoms with Gasteiger partial charge in [-0.3, -0.25) is 4.79 Å². The fourth-order valence-electron chi connectivity index (χ4n) is 5.11. The summed E-state index contributed by atoms with van der Waals surface area (Å²) in [6.45, 7) is 10.4. The third-order valence-corrected chi connectivity index (χ3v) is 6.70. The molecule has 0 saturated heterocycles. The SMILES string of the molecule is Cc1c2c(cc3c1N(C(=O)c1cccc4c1OCC4)CCO3)CCN(C(=O)OC(C)(C)C)CC2. The second-order valence-corrected chi connectivity index (χ2v) is 10.2. The highest BCUT2D eigenvalue weighted by Gasteiger charge is 2.33. The van der Waals surface area contributed by atoms with E-state index in [1.807, 2.05) is 43.9 Å². The van der Waals surface area contributed by atoms with Gasteiger partial charge < -0.3 is 24.0 Å². The van der Waals surface area contributed by atoms with Gasteiger partial charge in [-0.1, -0.05) is 12.1 Å². The number of ether oxygens (including phenoxy) is 3. The van der Waals surface area contributed by atoms with Crippen LogP contribution in [0.25, 0.3) is 0 Å². The summed E-state index contributed by atoms with van der Waals surface area (Å²) in [5.41, 5.74) is 5.38. The topological polar surface area (TPSA) is 68.3 Å². The van der Waals surface area contributed by atoms with Crippen LogP contribution in [0.2, 0.25) is 0 Å². The number of carbonyl (C=O) groups is 2. The second kappa shape index (κ2) is 8.53. The largest absolute Gasteiger partial charge is 0.492 e. The van der Waals surface area contributed by atoms with Crippen LogP contribution in [-0.2, 0) is 24.0 Å². The lowest BCUT2D eigenvalue weighted by Gasteiger charge is -2.33. The van der Waals surface area contributed by atoms with Crippen molar-refractivity contribution in [3.8, 4) is 11.5 Å². The smallest absolute Gasteiger partial charge is 0.410 e. The average Bonchev–Trinajstić information content (AvgIpc) is 3.17. The molecule has 0 radical (unpaired) electrons. The van der Waals surface area contributed by atoms with E-state index >= 15 is 0 Å². The molecule has 0 aliphatic carbocycles. The summed E-state index contributed by atoms with van der Waals surface area (Å²) in [4.78, 5) is 30.0. The van der Waals surface area contributed by atoms with Gasteiger partial charge in [0, 0.05) is 19.5 Å². The van der Waals surface area contributed by atoms with Crippen LogP contribution in [-0.4, -0.2) is 55.3 Å². The fourth-order valence-corrected chi connectivity index (χ4v) is 5.11. The van der Waals surface area contributed by atoms with Crippen molar-refractivity contribution in [2.45, 2.75) is 52.6 Å². The summed E-state index contributed by atoms with van der Waals surface area (Å²) in [6, 6.07) is 7.85. The summed E-state index contributed by atoms with van der Waals surface area (Å²) < 4.78 is 17.4. The Morgan fingerprint density at radius 3 is 2.56 bits per heavy atom. The highest BCUT2D eigenvalue weighted by Crippen LogP contribution is 2.41. The van der Waals surface area contributed by atoms with E-state index in [9.17, 15) is 9.59 Å². The van der Waals surface area contributed by atoms with Gasteiger partial charge in [-0.25, -0.2) is 4.79 Å². The van der Waals surface area contributed by atoms with Crippen molar-refractivity contribution in [2.75, 3.05) is 37.7 Å². The molecule has 7 heteroatoms. The molecule has 7 nitrogen and oxygen atoms in total. The molecule has 0 atom stereocenters. The summed E-state index contributed by atoms with van der Waals surface area (Å²) in [6.07, 6.45) is 1.98. The summed E-state index contributed by atoms with van der Waals surface area (Å²) in [5, 5.41) is 0. The standard InChI is InChI=1S/C27H32N2O5/c1-17-20-9-12-28(26(31)34-27(2,3)4)11-8-19(20)16-22-23(17)29(13-15-32-22)25(30)21-7-5-6-18-10-14-33-24(18)21/h5-7,16H,8-15H2,1-4H3. The van der Waals surface area contributed by atoms with Crippen LogP contribution in [0.1, 0.15) is 53.4 Å². The third kappa shape index (κ3) is 4.08. The lowest BCUT2D eigenvalue weighted by Crippen LogP contribution is -2.39. The molecule has 2 aromatic carbocycles. The van der Waals surface area contributed by atoms with E-state index in [1.54, 1.807) is 4.90 Å². The molecule has 0 bridgehead atoms. The highest BCUT2D eigenvalue weighted by molar-refractivity contribution is 6.09. The molecule has 0 unspecified atom stereocenters. The van der Waals surface area contributed by atoms with Crippen molar-refractivity contribution < 1.29 is 23.8 Å². The molecule has 0 spiro atoms. The molecule has 0 N–H and O–H groups in total. The second-order valence-electron chi connectivity index (χ2n) is 10.2. The number of para-hydroxylation sites is 1. The Morgan fingerprint density at radius 2 is 1.76 bits per heavy atom. The zero-order chi connectivity index (χ0) is 24.0. The van der Waals surface area contributed by atoms with Crippen LogP contribution in [0.3, 0.4) is 0 Å². The highest BCUT2D eigenvalue weighted by atomic mass is 16.6. The lowest BCUT2D eigenvalue weighted by atomic mass is 9.94. The van der Waals surface area contributed by atoms with Crippen molar-refractivity contribution in [3.63, 3.8) is 0 Å². The van der Waals surface area contributed by atoms with Crippen molar-refractivity contribution in [1.29, 1.82) is 0 Å². The van der Waals surface area contributed by atoms with E-state index in [0.29, 0.717) is 50.6 Å². The van der Waals surface area contributed by atoms with Crippen molar-refractivity contribution in [3.05, 3.63) is 52.1 Å². The van der Waals surface area contributed by atoms with Gasteiger partial charge in [0.1, 0.15) is 23.7 Å². The summed E-state index contributed by atoms with van der Waals surface area (Å²) in [5.74, 6) is 1.38.